The van der Waals surface area contributed by atoms with E-state index in [-0.39, 0.29) is 22.7 Å². The van der Waals surface area contributed by atoms with Gasteiger partial charge in [-0.25, -0.2) is 12.8 Å². The molecule has 1 atom stereocenters. The summed E-state index contributed by atoms with van der Waals surface area (Å²) in [6.07, 6.45) is 0.694. The molecule has 0 aliphatic rings. The normalized spacial score (nSPS) is 11.9. The van der Waals surface area contributed by atoms with E-state index in [4.69, 9.17) is 4.74 Å². The molecule has 0 heterocycles. The largest absolute Gasteiger partial charge is 0.494 e. The number of nitrogens with one attached hydrogen (secondary N) is 1. The Hall–Kier alpha value is -3.92. The number of hydrogen-bond acceptors (Lipinski definition) is 5. The van der Waals surface area contributed by atoms with Crippen molar-refractivity contribution in [2.75, 3.05) is 24.0 Å². The Morgan fingerprint density at radius 1 is 0.975 bits per heavy atom. The van der Waals surface area contributed by atoms with Crippen molar-refractivity contribution < 1.29 is 27.1 Å². The topological polar surface area (TPSA) is 96.0 Å². The number of hydrogen-bond donors (Lipinski definition) is 1. The molecular weight excluding hydrogens is 533 g/mol. The highest BCUT2D eigenvalue weighted by molar-refractivity contribution is 7.92. The first kappa shape index (κ1) is 30.6. The van der Waals surface area contributed by atoms with Crippen molar-refractivity contribution in [3.63, 3.8) is 0 Å². The SMILES string of the molecule is CCCNC(=O)[C@@H](C)N(Cc1ccccc1F)C(=O)CN(c1ccc(OCC)cc1)S(=O)(=O)c1ccc(C)cc1. The van der Waals surface area contributed by atoms with Crippen LogP contribution >= 0.6 is 0 Å². The zero-order chi connectivity index (χ0) is 29.3. The maximum atomic E-state index is 14.6. The van der Waals surface area contributed by atoms with E-state index in [1.165, 1.54) is 35.2 Å². The second-order valence-corrected chi connectivity index (χ2v) is 11.2. The first-order valence-electron chi connectivity index (χ1n) is 13.2. The molecule has 0 aliphatic carbocycles. The molecule has 0 bridgehead atoms. The quantitative estimate of drug-likeness (QED) is 0.323. The van der Waals surface area contributed by atoms with Crippen LogP contribution in [0.3, 0.4) is 0 Å². The molecule has 10 heteroatoms. The van der Waals surface area contributed by atoms with Gasteiger partial charge < -0.3 is 15.0 Å². The Bertz CT molecular complexity index is 1400. The van der Waals surface area contributed by atoms with Crippen LogP contribution in [-0.2, 0) is 26.2 Å². The number of sulfonamides is 1. The Balaban J connectivity index is 2.03. The van der Waals surface area contributed by atoms with Gasteiger partial charge in [0.1, 0.15) is 24.2 Å². The first-order chi connectivity index (χ1) is 19.1. The van der Waals surface area contributed by atoms with Gasteiger partial charge in [0.2, 0.25) is 11.8 Å². The van der Waals surface area contributed by atoms with E-state index in [1.807, 2.05) is 20.8 Å². The van der Waals surface area contributed by atoms with Crippen molar-refractivity contribution in [2.24, 2.45) is 0 Å². The summed E-state index contributed by atoms with van der Waals surface area (Å²) in [5, 5.41) is 2.76. The van der Waals surface area contributed by atoms with Crippen LogP contribution in [0, 0.1) is 12.7 Å². The lowest BCUT2D eigenvalue weighted by atomic mass is 10.1. The van der Waals surface area contributed by atoms with Crippen molar-refractivity contribution in [2.45, 2.75) is 51.6 Å². The number of halogens is 1. The second kappa shape index (κ2) is 13.9. The molecule has 2 amide bonds. The molecular formula is C30H36FN3O5S. The van der Waals surface area contributed by atoms with Crippen LogP contribution in [0.2, 0.25) is 0 Å². The predicted octanol–water partition coefficient (Wildman–Crippen LogP) is 4.67. The lowest BCUT2D eigenvalue weighted by molar-refractivity contribution is -0.139. The zero-order valence-corrected chi connectivity index (χ0v) is 24.1. The smallest absolute Gasteiger partial charge is 0.264 e. The van der Waals surface area contributed by atoms with Crippen LogP contribution in [0.1, 0.15) is 38.3 Å². The molecule has 3 aromatic carbocycles. The van der Waals surface area contributed by atoms with Gasteiger partial charge in [-0.05, 0) is 69.7 Å². The average molecular weight is 570 g/mol. The highest BCUT2D eigenvalue weighted by atomic mass is 32.2. The van der Waals surface area contributed by atoms with Crippen LogP contribution < -0.4 is 14.4 Å². The van der Waals surface area contributed by atoms with Gasteiger partial charge in [0, 0.05) is 18.7 Å². The van der Waals surface area contributed by atoms with Crippen molar-refractivity contribution in [3.8, 4) is 5.75 Å². The summed E-state index contributed by atoms with van der Waals surface area (Å²) in [7, 11) is -4.20. The molecule has 0 aliphatic heterocycles. The number of aryl methyl sites for hydroxylation is 1. The van der Waals surface area contributed by atoms with Gasteiger partial charge in [-0.2, -0.15) is 0 Å². The maximum absolute atomic E-state index is 14.6. The first-order valence-corrected chi connectivity index (χ1v) is 14.6. The van der Waals surface area contributed by atoms with Gasteiger partial charge in [0.05, 0.1) is 17.2 Å². The van der Waals surface area contributed by atoms with Gasteiger partial charge in [-0.3, -0.25) is 13.9 Å². The van der Waals surface area contributed by atoms with Crippen LogP contribution in [0.4, 0.5) is 10.1 Å². The maximum Gasteiger partial charge on any atom is 0.264 e. The summed E-state index contributed by atoms with van der Waals surface area (Å²) in [5.41, 5.74) is 1.33. The second-order valence-electron chi connectivity index (χ2n) is 9.33. The third kappa shape index (κ3) is 7.59. The number of benzene rings is 3. The molecule has 0 unspecified atom stereocenters. The van der Waals surface area contributed by atoms with Crippen LogP contribution in [-0.4, -0.2) is 50.9 Å². The van der Waals surface area contributed by atoms with Gasteiger partial charge in [0.25, 0.3) is 10.0 Å². The number of ether oxygens (including phenoxy) is 1. The van der Waals surface area contributed by atoms with Gasteiger partial charge >= 0.3 is 0 Å². The Morgan fingerprint density at radius 3 is 2.23 bits per heavy atom. The van der Waals surface area contributed by atoms with Crippen molar-refractivity contribution in [1.82, 2.24) is 10.2 Å². The highest BCUT2D eigenvalue weighted by Crippen LogP contribution is 2.27. The molecule has 214 valence electrons. The average Bonchev–Trinajstić information content (AvgIpc) is 2.94. The van der Waals surface area contributed by atoms with Gasteiger partial charge in [-0.15, -0.1) is 0 Å². The Labute approximate surface area is 235 Å². The number of amides is 2. The van der Waals surface area contributed by atoms with Crippen molar-refractivity contribution in [1.29, 1.82) is 0 Å². The van der Waals surface area contributed by atoms with E-state index < -0.39 is 40.2 Å². The number of nitrogens with zero attached hydrogens (tertiary/aromatic N) is 2. The minimum Gasteiger partial charge on any atom is -0.494 e. The summed E-state index contributed by atoms with van der Waals surface area (Å²) < 4.78 is 48.8. The van der Waals surface area contributed by atoms with Crippen LogP contribution in [0.5, 0.6) is 5.75 Å². The van der Waals surface area contributed by atoms with Crippen LogP contribution in [0.25, 0.3) is 0 Å². The summed E-state index contributed by atoms with van der Waals surface area (Å²) >= 11 is 0. The molecule has 0 radical (unpaired) electrons. The van der Waals surface area contributed by atoms with E-state index in [2.05, 4.69) is 5.32 Å². The van der Waals surface area contributed by atoms with E-state index in [9.17, 15) is 22.4 Å². The highest BCUT2D eigenvalue weighted by Gasteiger charge is 2.32. The molecule has 8 nitrogen and oxygen atoms in total. The monoisotopic (exact) mass is 569 g/mol. The number of carbonyl (C=O) groups excluding carboxylic acids is 2. The zero-order valence-electron chi connectivity index (χ0n) is 23.3. The Kier molecular flexibility index (Phi) is 10.7. The third-order valence-corrected chi connectivity index (χ3v) is 8.13. The standard InChI is InChI=1S/C30H36FN3O5S/c1-5-19-32-30(36)23(4)33(20-24-9-7-8-10-28(24)31)29(35)21-34(25-13-15-26(16-14-25)39-6-2)40(37,38)27-17-11-22(3)12-18-27/h7-18,23H,5-6,19-21H2,1-4H3,(H,32,36)/t23-/m1/s1. The minimum absolute atomic E-state index is 0.00850. The summed E-state index contributed by atoms with van der Waals surface area (Å²) in [6, 6.07) is 17.7. The molecule has 0 spiro atoms. The molecule has 0 saturated heterocycles. The lowest BCUT2D eigenvalue weighted by Crippen LogP contribution is -2.51. The third-order valence-electron chi connectivity index (χ3n) is 6.34. The summed E-state index contributed by atoms with van der Waals surface area (Å²) in [6.45, 7) is 7.14. The summed E-state index contributed by atoms with van der Waals surface area (Å²) in [5.74, 6) is -1.06. The molecule has 1 N–H and O–H groups in total. The molecule has 0 fully saturated rings. The summed E-state index contributed by atoms with van der Waals surface area (Å²) in [4.78, 5) is 28.0. The lowest BCUT2D eigenvalue weighted by Gasteiger charge is -2.32. The van der Waals surface area contributed by atoms with E-state index in [1.54, 1.807) is 49.4 Å². The van der Waals surface area contributed by atoms with Crippen LogP contribution in [0.15, 0.2) is 77.7 Å². The van der Waals surface area contributed by atoms with E-state index in [0.29, 0.717) is 25.3 Å². The van der Waals surface area contributed by atoms with Gasteiger partial charge in [-0.1, -0.05) is 42.8 Å². The fourth-order valence-corrected chi connectivity index (χ4v) is 5.44. The minimum atomic E-state index is -4.20. The fourth-order valence-electron chi connectivity index (χ4n) is 4.03. The Morgan fingerprint density at radius 2 is 1.62 bits per heavy atom. The predicted molar refractivity (Wildman–Crippen MR) is 153 cm³/mol. The molecule has 0 aromatic heterocycles. The fraction of sp³-hybridized carbons (Fsp3) is 0.333. The number of carbonyl (C=O) groups is 2. The number of rotatable bonds is 13. The van der Waals surface area contributed by atoms with Gasteiger partial charge in [0.15, 0.2) is 0 Å². The van der Waals surface area contributed by atoms with Crippen molar-refractivity contribution >= 4 is 27.5 Å². The molecule has 0 saturated carbocycles. The van der Waals surface area contributed by atoms with Crippen molar-refractivity contribution in [3.05, 3.63) is 89.7 Å². The number of anilines is 1. The molecule has 3 aromatic rings. The molecule has 40 heavy (non-hydrogen) atoms. The molecule has 3 rings (SSSR count). The van der Waals surface area contributed by atoms with E-state index in [0.717, 1.165) is 9.87 Å². The van der Waals surface area contributed by atoms with E-state index >= 15 is 0 Å².